The van der Waals surface area contributed by atoms with E-state index >= 15 is 0 Å². The second kappa shape index (κ2) is 8.26. The number of nitrogens with one attached hydrogen (secondary N) is 1. The fourth-order valence-corrected chi connectivity index (χ4v) is 1.77. The Morgan fingerprint density at radius 3 is 2.10 bits per heavy atom. The maximum atomic E-state index is 3.05. The van der Waals surface area contributed by atoms with Crippen LogP contribution in [0.3, 0.4) is 0 Å². The van der Waals surface area contributed by atoms with Gasteiger partial charge in [-0.25, -0.2) is 0 Å². The smallest absolute Gasteiger partial charge is 0.0366 e. The van der Waals surface area contributed by atoms with Crippen LogP contribution in [0, 0.1) is 13.8 Å². The van der Waals surface area contributed by atoms with Crippen molar-refractivity contribution in [1.29, 1.82) is 0 Å². The summed E-state index contributed by atoms with van der Waals surface area (Å²) in [7, 11) is 4.03. The van der Waals surface area contributed by atoms with E-state index < -0.39 is 0 Å². The molecule has 0 saturated heterocycles. The molecule has 0 fully saturated rings. The van der Waals surface area contributed by atoms with Gasteiger partial charge in [-0.15, -0.1) is 0 Å². The molecule has 0 amide bonds. The Morgan fingerprint density at radius 2 is 1.60 bits per heavy atom. The first-order valence-corrected chi connectivity index (χ1v) is 7.09. The third-order valence-electron chi connectivity index (χ3n) is 3.26. The predicted octanol–water partition coefficient (Wildman–Crippen LogP) is 4.49. The number of anilines is 2. The molecule has 0 bridgehead atoms. The molecule has 0 spiro atoms. The Bertz CT molecular complexity index is 503. The van der Waals surface area contributed by atoms with Crippen LogP contribution >= 0.6 is 0 Å². The van der Waals surface area contributed by atoms with Crippen molar-refractivity contribution in [3.63, 3.8) is 0 Å². The number of hydrogen-bond acceptors (Lipinski definition) is 2. The van der Waals surface area contributed by atoms with Gasteiger partial charge in [0.05, 0.1) is 0 Å². The van der Waals surface area contributed by atoms with Crippen LogP contribution in [0.1, 0.15) is 18.1 Å². The zero-order valence-electron chi connectivity index (χ0n) is 13.3. The fraction of sp³-hybridized carbons (Fsp3) is 0.333. The van der Waals surface area contributed by atoms with Crippen LogP contribution < -0.4 is 10.2 Å². The minimum absolute atomic E-state index is 1.06. The van der Waals surface area contributed by atoms with E-state index in [0.717, 1.165) is 6.54 Å². The first kappa shape index (κ1) is 16.1. The SMILES string of the molecule is CCN(C)c1cccc(C)c1.CNc1ccc(C)cc1. The van der Waals surface area contributed by atoms with Crippen LogP contribution in [0.4, 0.5) is 11.4 Å². The highest BCUT2D eigenvalue weighted by molar-refractivity contribution is 5.47. The number of rotatable bonds is 3. The molecular formula is C18H26N2. The lowest BCUT2D eigenvalue weighted by Crippen LogP contribution is -2.15. The van der Waals surface area contributed by atoms with Gasteiger partial charge in [0.25, 0.3) is 0 Å². The molecule has 2 aromatic carbocycles. The third-order valence-corrected chi connectivity index (χ3v) is 3.26. The van der Waals surface area contributed by atoms with Gasteiger partial charge in [0, 0.05) is 32.0 Å². The van der Waals surface area contributed by atoms with Crippen molar-refractivity contribution in [2.24, 2.45) is 0 Å². The summed E-state index contributed by atoms with van der Waals surface area (Å²) in [6.07, 6.45) is 0. The van der Waals surface area contributed by atoms with Gasteiger partial charge in [0.1, 0.15) is 0 Å². The highest BCUT2D eigenvalue weighted by atomic mass is 15.1. The van der Waals surface area contributed by atoms with Crippen molar-refractivity contribution < 1.29 is 0 Å². The molecule has 0 radical (unpaired) electrons. The van der Waals surface area contributed by atoms with Gasteiger partial charge in [-0.05, 0) is 50.6 Å². The Labute approximate surface area is 123 Å². The number of aryl methyl sites for hydroxylation is 2. The van der Waals surface area contributed by atoms with Gasteiger partial charge in [-0.2, -0.15) is 0 Å². The summed E-state index contributed by atoms with van der Waals surface area (Å²) in [5, 5.41) is 3.05. The van der Waals surface area contributed by atoms with Crippen LogP contribution in [-0.2, 0) is 0 Å². The Morgan fingerprint density at radius 1 is 0.950 bits per heavy atom. The summed E-state index contributed by atoms with van der Waals surface area (Å²) in [6.45, 7) is 7.41. The maximum Gasteiger partial charge on any atom is 0.0366 e. The van der Waals surface area contributed by atoms with Crippen molar-refractivity contribution >= 4 is 11.4 Å². The summed E-state index contributed by atoms with van der Waals surface area (Å²) in [4.78, 5) is 2.23. The topological polar surface area (TPSA) is 15.3 Å². The standard InChI is InChI=1S/C10H15N.C8H11N/c1-4-11(3)10-7-5-6-9(2)8-10;1-7-3-5-8(9-2)6-4-7/h5-8H,4H2,1-3H3;3-6,9H,1-2H3. The molecule has 0 unspecified atom stereocenters. The van der Waals surface area contributed by atoms with Crippen LogP contribution in [0.15, 0.2) is 48.5 Å². The first-order chi connectivity index (χ1) is 9.56. The predicted molar refractivity (Wildman–Crippen MR) is 90.8 cm³/mol. The van der Waals surface area contributed by atoms with E-state index in [-0.39, 0.29) is 0 Å². The zero-order valence-corrected chi connectivity index (χ0v) is 13.3. The average Bonchev–Trinajstić information content (AvgIpc) is 2.48. The largest absolute Gasteiger partial charge is 0.388 e. The molecule has 2 heteroatoms. The summed E-state index contributed by atoms with van der Waals surface area (Å²) in [6, 6.07) is 16.9. The highest BCUT2D eigenvalue weighted by Crippen LogP contribution is 2.13. The van der Waals surface area contributed by atoms with E-state index in [1.165, 1.54) is 22.5 Å². The molecule has 20 heavy (non-hydrogen) atoms. The molecule has 0 aliphatic heterocycles. The van der Waals surface area contributed by atoms with Crippen molar-refractivity contribution in [1.82, 2.24) is 0 Å². The Kier molecular flexibility index (Phi) is 6.65. The van der Waals surface area contributed by atoms with Gasteiger partial charge in [0.15, 0.2) is 0 Å². The Balaban J connectivity index is 0.000000204. The van der Waals surface area contributed by atoms with Crippen molar-refractivity contribution in [3.8, 4) is 0 Å². The Hall–Kier alpha value is -1.96. The molecule has 0 heterocycles. The van der Waals surface area contributed by atoms with Crippen LogP contribution in [0.25, 0.3) is 0 Å². The molecule has 2 rings (SSSR count). The van der Waals surface area contributed by atoms with Gasteiger partial charge < -0.3 is 10.2 Å². The monoisotopic (exact) mass is 270 g/mol. The molecular weight excluding hydrogens is 244 g/mol. The van der Waals surface area contributed by atoms with E-state index in [0.29, 0.717) is 0 Å². The average molecular weight is 270 g/mol. The van der Waals surface area contributed by atoms with E-state index in [9.17, 15) is 0 Å². The van der Waals surface area contributed by atoms with E-state index in [2.05, 4.69) is 86.6 Å². The normalized spacial score (nSPS) is 9.45. The van der Waals surface area contributed by atoms with Crippen LogP contribution in [0.5, 0.6) is 0 Å². The molecule has 2 aromatic rings. The van der Waals surface area contributed by atoms with E-state index in [4.69, 9.17) is 0 Å². The number of benzene rings is 2. The molecule has 0 saturated carbocycles. The summed E-state index contributed by atoms with van der Waals surface area (Å²) < 4.78 is 0. The maximum absolute atomic E-state index is 3.05. The van der Waals surface area contributed by atoms with E-state index in [1.807, 2.05) is 7.05 Å². The molecule has 0 aromatic heterocycles. The summed E-state index contributed by atoms with van der Waals surface area (Å²) in [5.74, 6) is 0. The fourth-order valence-electron chi connectivity index (χ4n) is 1.77. The van der Waals surface area contributed by atoms with Crippen molar-refractivity contribution in [2.45, 2.75) is 20.8 Å². The van der Waals surface area contributed by atoms with Gasteiger partial charge in [-0.1, -0.05) is 29.8 Å². The lowest BCUT2D eigenvalue weighted by Gasteiger charge is -2.16. The molecule has 0 atom stereocenters. The minimum atomic E-state index is 1.06. The van der Waals surface area contributed by atoms with E-state index in [1.54, 1.807) is 0 Å². The molecule has 0 aliphatic rings. The molecule has 1 N–H and O–H groups in total. The van der Waals surface area contributed by atoms with Crippen molar-refractivity contribution in [2.75, 3.05) is 30.9 Å². The zero-order chi connectivity index (χ0) is 15.0. The van der Waals surface area contributed by atoms with Crippen LogP contribution in [-0.4, -0.2) is 20.6 Å². The molecule has 108 valence electrons. The van der Waals surface area contributed by atoms with Gasteiger partial charge >= 0.3 is 0 Å². The molecule has 2 nitrogen and oxygen atoms in total. The second-order valence-corrected chi connectivity index (χ2v) is 4.97. The second-order valence-electron chi connectivity index (χ2n) is 4.97. The van der Waals surface area contributed by atoms with Crippen molar-refractivity contribution in [3.05, 3.63) is 59.7 Å². The van der Waals surface area contributed by atoms with Gasteiger partial charge in [-0.3, -0.25) is 0 Å². The summed E-state index contributed by atoms with van der Waals surface area (Å²) in [5.41, 5.74) is 5.09. The lowest BCUT2D eigenvalue weighted by atomic mass is 10.2. The highest BCUT2D eigenvalue weighted by Gasteiger charge is 1.95. The lowest BCUT2D eigenvalue weighted by molar-refractivity contribution is 0.967. The van der Waals surface area contributed by atoms with Crippen LogP contribution in [0.2, 0.25) is 0 Å². The first-order valence-electron chi connectivity index (χ1n) is 7.09. The number of nitrogens with zero attached hydrogens (tertiary/aromatic N) is 1. The quantitative estimate of drug-likeness (QED) is 0.884. The summed E-state index contributed by atoms with van der Waals surface area (Å²) >= 11 is 0. The molecule has 0 aliphatic carbocycles. The third kappa shape index (κ3) is 5.35. The minimum Gasteiger partial charge on any atom is -0.388 e. The number of hydrogen-bond donors (Lipinski definition) is 1. The van der Waals surface area contributed by atoms with Gasteiger partial charge in [0.2, 0.25) is 0 Å².